The van der Waals surface area contributed by atoms with Gasteiger partial charge in [-0.2, -0.15) is 5.10 Å². The second-order valence-corrected chi connectivity index (χ2v) is 6.44. The fourth-order valence-corrected chi connectivity index (χ4v) is 2.91. The Bertz CT molecular complexity index is 745. The first-order valence-electron chi connectivity index (χ1n) is 8.50. The van der Waals surface area contributed by atoms with E-state index in [4.69, 9.17) is 0 Å². The third-order valence-corrected chi connectivity index (χ3v) is 4.41. The number of aryl methyl sites for hydroxylation is 2. The van der Waals surface area contributed by atoms with Crippen LogP contribution in [0.3, 0.4) is 0 Å². The molecule has 0 bridgehead atoms. The predicted octanol–water partition coefficient (Wildman–Crippen LogP) is 0.878. The smallest absolute Gasteiger partial charge is 0.230 e. The van der Waals surface area contributed by atoms with E-state index in [2.05, 4.69) is 15.2 Å². The topological polar surface area (TPSA) is 82.2 Å². The molecule has 1 aliphatic heterocycles. The second kappa shape index (κ2) is 7.46. The van der Waals surface area contributed by atoms with E-state index >= 15 is 0 Å². The van der Waals surface area contributed by atoms with Crippen molar-refractivity contribution in [3.63, 3.8) is 0 Å². The number of amides is 2. The van der Waals surface area contributed by atoms with Gasteiger partial charge in [0.1, 0.15) is 5.82 Å². The number of H-pyrrole nitrogens is 1. The zero-order chi connectivity index (χ0) is 17.8. The maximum Gasteiger partial charge on any atom is 0.230 e. The molecule has 2 heterocycles. The highest BCUT2D eigenvalue weighted by Crippen LogP contribution is 2.09. The molecule has 132 valence electrons. The summed E-state index contributed by atoms with van der Waals surface area (Å²) in [5.74, 6) is 1.33. The zero-order valence-electron chi connectivity index (χ0n) is 14.7. The molecule has 3 rings (SSSR count). The van der Waals surface area contributed by atoms with Crippen LogP contribution in [0.15, 0.2) is 24.3 Å². The normalized spacial score (nSPS) is 14.6. The Labute approximate surface area is 147 Å². The van der Waals surface area contributed by atoms with E-state index in [1.54, 1.807) is 11.8 Å². The molecule has 25 heavy (non-hydrogen) atoms. The van der Waals surface area contributed by atoms with Crippen LogP contribution >= 0.6 is 0 Å². The SMILES string of the molecule is Cc1ccc(CC(=O)N2CCN(C(=O)Cc3n[nH]c(C)n3)CC2)cc1. The van der Waals surface area contributed by atoms with Crippen LogP contribution in [0.25, 0.3) is 0 Å². The van der Waals surface area contributed by atoms with E-state index in [9.17, 15) is 9.59 Å². The Morgan fingerprint density at radius 1 is 0.960 bits per heavy atom. The minimum absolute atomic E-state index is 0.00429. The van der Waals surface area contributed by atoms with Crippen molar-refractivity contribution in [3.8, 4) is 0 Å². The number of hydrogen-bond donors (Lipinski definition) is 1. The molecule has 2 amide bonds. The molecule has 1 aromatic carbocycles. The number of piperazine rings is 1. The highest BCUT2D eigenvalue weighted by Gasteiger charge is 2.24. The highest BCUT2D eigenvalue weighted by molar-refractivity contribution is 5.80. The van der Waals surface area contributed by atoms with E-state index in [0.717, 1.165) is 5.56 Å². The summed E-state index contributed by atoms with van der Waals surface area (Å²) in [5.41, 5.74) is 2.21. The first-order valence-corrected chi connectivity index (χ1v) is 8.50. The van der Waals surface area contributed by atoms with Crippen molar-refractivity contribution < 1.29 is 9.59 Å². The number of carbonyl (C=O) groups is 2. The molecule has 1 saturated heterocycles. The summed E-state index contributed by atoms with van der Waals surface area (Å²) in [6, 6.07) is 8.02. The fraction of sp³-hybridized carbons (Fsp3) is 0.444. The number of rotatable bonds is 4. The van der Waals surface area contributed by atoms with Crippen LogP contribution in [0, 0.1) is 13.8 Å². The maximum atomic E-state index is 12.4. The van der Waals surface area contributed by atoms with Gasteiger partial charge in [-0.25, -0.2) is 4.98 Å². The number of nitrogens with zero attached hydrogens (tertiary/aromatic N) is 4. The minimum atomic E-state index is 0.00429. The summed E-state index contributed by atoms with van der Waals surface area (Å²) in [5, 5.41) is 6.74. The van der Waals surface area contributed by atoms with Gasteiger partial charge in [0.2, 0.25) is 11.8 Å². The van der Waals surface area contributed by atoms with Crippen LogP contribution in [-0.4, -0.2) is 63.0 Å². The molecule has 2 aromatic rings. The van der Waals surface area contributed by atoms with Crippen molar-refractivity contribution >= 4 is 11.8 Å². The van der Waals surface area contributed by atoms with Gasteiger partial charge in [-0.1, -0.05) is 29.8 Å². The average molecular weight is 341 g/mol. The van der Waals surface area contributed by atoms with E-state index < -0.39 is 0 Å². The molecule has 0 radical (unpaired) electrons. The second-order valence-electron chi connectivity index (χ2n) is 6.44. The Morgan fingerprint density at radius 2 is 1.52 bits per heavy atom. The Kier molecular flexibility index (Phi) is 5.11. The van der Waals surface area contributed by atoms with Gasteiger partial charge in [-0.05, 0) is 19.4 Å². The molecule has 7 nitrogen and oxygen atoms in total. The average Bonchev–Trinajstić information content (AvgIpc) is 3.02. The van der Waals surface area contributed by atoms with E-state index in [0.29, 0.717) is 44.2 Å². The fourth-order valence-electron chi connectivity index (χ4n) is 2.91. The van der Waals surface area contributed by atoms with Crippen LogP contribution in [0.2, 0.25) is 0 Å². The summed E-state index contributed by atoms with van der Waals surface area (Å²) < 4.78 is 0. The first kappa shape index (κ1) is 17.1. The van der Waals surface area contributed by atoms with Gasteiger partial charge in [-0.3, -0.25) is 14.7 Å². The largest absolute Gasteiger partial charge is 0.339 e. The van der Waals surface area contributed by atoms with Gasteiger partial charge in [0.25, 0.3) is 0 Å². The Balaban J connectivity index is 1.48. The molecule has 0 spiro atoms. The number of aromatic amines is 1. The van der Waals surface area contributed by atoms with Crippen LogP contribution in [0.1, 0.15) is 22.8 Å². The molecule has 0 saturated carbocycles. The number of carbonyl (C=O) groups excluding carboxylic acids is 2. The monoisotopic (exact) mass is 341 g/mol. The third-order valence-electron chi connectivity index (χ3n) is 4.41. The molecule has 1 N–H and O–H groups in total. The van der Waals surface area contributed by atoms with Crippen molar-refractivity contribution in [1.29, 1.82) is 0 Å². The van der Waals surface area contributed by atoms with Gasteiger partial charge in [0.15, 0.2) is 5.82 Å². The molecule has 0 aliphatic carbocycles. The molecule has 1 fully saturated rings. The molecule has 1 aliphatic rings. The van der Waals surface area contributed by atoms with E-state index in [1.165, 1.54) is 5.56 Å². The molecule has 0 atom stereocenters. The summed E-state index contributed by atoms with van der Waals surface area (Å²) in [6.07, 6.45) is 0.604. The molecular weight excluding hydrogens is 318 g/mol. The van der Waals surface area contributed by atoms with Crippen molar-refractivity contribution in [1.82, 2.24) is 25.0 Å². The Hall–Kier alpha value is -2.70. The lowest BCUT2D eigenvalue weighted by Crippen LogP contribution is -2.51. The van der Waals surface area contributed by atoms with Crippen LogP contribution in [-0.2, 0) is 22.4 Å². The van der Waals surface area contributed by atoms with Gasteiger partial charge in [0, 0.05) is 26.2 Å². The molecular formula is C18H23N5O2. The lowest BCUT2D eigenvalue weighted by atomic mass is 10.1. The van der Waals surface area contributed by atoms with Crippen molar-refractivity contribution in [2.75, 3.05) is 26.2 Å². The summed E-state index contributed by atoms with van der Waals surface area (Å²) >= 11 is 0. The zero-order valence-corrected chi connectivity index (χ0v) is 14.7. The first-order chi connectivity index (χ1) is 12.0. The maximum absolute atomic E-state index is 12.4. The Morgan fingerprint density at radius 3 is 2.04 bits per heavy atom. The standard InChI is InChI=1S/C18H23N5O2/c1-13-3-5-15(6-4-13)11-17(24)22-7-9-23(10-8-22)18(25)12-16-19-14(2)20-21-16/h3-6H,7-12H2,1-2H3,(H,19,20,21). The lowest BCUT2D eigenvalue weighted by molar-refractivity contribution is -0.138. The van der Waals surface area contributed by atoms with Gasteiger partial charge >= 0.3 is 0 Å². The van der Waals surface area contributed by atoms with Crippen LogP contribution in [0.4, 0.5) is 0 Å². The number of nitrogens with one attached hydrogen (secondary N) is 1. The number of aromatic nitrogens is 3. The van der Waals surface area contributed by atoms with Crippen LogP contribution < -0.4 is 0 Å². The van der Waals surface area contributed by atoms with Gasteiger partial charge < -0.3 is 9.80 Å². The van der Waals surface area contributed by atoms with Gasteiger partial charge in [-0.15, -0.1) is 0 Å². The van der Waals surface area contributed by atoms with Crippen molar-refractivity contribution in [2.45, 2.75) is 26.7 Å². The number of hydrogen-bond acceptors (Lipinski definition) is 4. The summed E-state index contributed by atoms with van der Waals surface area (Å²) in [7, 11) is 0. The summed E-state index contributed by atoms with van der Waals surface area (Å²) in [4.78, 5) is 32.5. The third kappa shape index (κ3) is 4.43. The van der Waals surface area contributed by atoms with Crippen molar-refractivity contribution in [3.05, 3.63) is 47.0 Å². The van der Waals surface area contributed by atoms with Gasteiger partial charge in [0.05, 0.1) is 12.8 Å². The summed E-state index contributed by atoms with van der Waals surface area (Å²) in [6.45, 7) is 6.09. The highest BCUT2D eigenvalue weighted by atomic mass is 16.2. The van der Waals surface area contributed by atoms with E-state index in [1.807, 2.05) is 36.1 Å². The molecule has 1 aromatic heterocycles. The van der Waals surface area contributed by atoms with Crippen LogP contribution in [0.5, 0.6) is 0 Å². The van der Waals surface area contributed by atoms with Crippen molar-refractivity contribution in [2.24, 2.45) is 0 Å². The molecule has 0 unspecified atom stereocenters. The van der Waals surface area contributed by atoms with E-state index in [-0.39, 0.29) is 18.2 Å². The predicted molar refractivity (Wildman–Crippen MR) is 92.9 cm³/mol. The quantitative estimate of drug-likeness (QED) is 0.895. The minimum Gasteiger partial charge on any atom is -0.339 e. The number of benzene rings is 1. The molecule has 7 heteroatoms. The lowest BCUT2D eigenvalue weighted by Gasteiger charge is -2.34.